The molecule has 2 atom stereocenters. The van der Waals surface area contributed by atoms with Crippen molar-refractivity contribution in [3.63, 3.8) is 0 Å². The molecular formula is C25H26N4O2. The number of rotatable bonds is 4. The molecule has 4 rings (SSSR count). The van der Waals surface area contributed by atoms with Crippen LogP contribution in [0.25, 0.3) is 0 Å². The molecule has 1 heterocycles. The predicted octanol–water partition coefficient (Wildman–Crippen LogP) is 3.67. The summed E-state index contributed by atoms with van der Waals surface area (Å²) in [6.07, 6.45) is 1.08. The molecule has 0 aromatic heterocycles. The fourth-order valence-corrected chi connectivity index (χ4v) is 4.68. The molecule has 158 valence electrons. The maximum atomic E-state index is 13.6. The summed E-state index contributed by atoms with van der Waals surface area (Å²) in [6, 6.07) is 19.9. The first-order valence-corrected chi connectivity index (χ1v) is 10.3. The van der Waals surface area contributed by atoms with Crippen LogP contribution in [0.2, 0.25) is 0 Å². The van der Waals surface area contributed by atoms with Crippen molar-refractivity contribution in [1.82, 2.24) is 10.0 Å². The molecule has 0 spiro atoms. The largest absolute Gasteiger partial charge is 0.497 e. The van der Waals surface area contributed by atoms with E-state index in [1.54, 1.807) is 7.11 Å². The van der Waals surface area contributed by atoms with Gasteiger partial charge in [-0.25, -0.2) is 5.01 Å². The Morgan fingerprint density at radius 1 is 1.10 bits per heavy atom. The highest BCUT2D eigenvalue weighted by Gasteiger charge is 2.43. The van der Waals surface area contributed by atoms with Gasteiger partial charge in [-0.15, -0.1) is 0 Å². The number of methoxy groups -OCH3 is 1. The van der Waals surface area contributed by atoms with E-state index in [2.05, 4.69) is 18.2 Å². The lowest BCUT2D eigenvalue weighted by Crippen LogP contribution is -2.46. The van der Waals surface area contributed by atoms with Crippen LogP contribution in [-0.2, 0) is 4.79 Å². The average Bonchev–Trinajstić information content (AvgIpc) is 2.78. The fraction of sp³-hybridized carbons (Fsp3) is 0.280. The number of ketones is 1. The quantitative estimate of drug-likeness (QED) is 0.822. The lowest BCUT2D eigenvalue weighted by Gasteiger charge is -2.43. The molecule has 6 heteroatoms. The van der Waals surface area contributed by atoms with Gasteiger partial charge in [-0.1, -0.05) is 42.5 Å². The van der Waals surface area contributed by atoms with Gasteiger partial charge >= 0.3 is 0 Å². The number of benzene rings is 2. The summed E-state index contributed by atoms with van der Waals surface area (Å²) < 4.78 is 5.39. The molecule has 6 nitrogen and oxygen atoms in total. The highest BCUT2D eigenvalue weighted by Crippen LogP contribution is 2.48. The van der Waals surface area contributed by atoms with E-state index in [1.165, 1.54) is 0 Å². The molecule has 0 amide bonds. The summed E-state index contributed by atoms with van der Waals surface area (Å²) in [5, 5.41) is 13.7. The molecular weight excluding hydrogens is 388 g/mol. The van der Waals surface area contributed by atoms with Crippen LogP contribution >= 0.6 is 0 Å². The third-order valence-electron chi connectivity index (χ3n) is 6.04. The van der Waals surface area contributed by atoms with Crippen molar-refractivity contribution in [1.29, 1.82) is 5.26 Å². The summed E-state index contributed by atoms with van der Waals surface area (Å²) in [7, 11) is 5.34. The number of hydrogen-bond acceptors (Lipinski definition) is 6. The molecule has 31 heavy (non-hydrogen) atoms. The van der Waals surface area contributed by atoms with Crippen molar-refractivity contribution in [3.05, 3.63) is 88.4 Å². The third kappa shape index (κ3) is 3.58. The molecule has 0 saturated carbocycles. The summed E-state index contributed by atoms with van der Waals surface area (Å²) in [5.74, 6) is 0.652. The molecule has 1 aliphatic heterocycles. The number of hydrazine groups is 1. The number of hydrogen-bond donors (Lipinski definition) is 1. The van der Waals surface area contributed by atoms with Crippen LogP contribution in [0.1, 0.15) is 35.8 Å². The fourth-order valence-electron chi connectivity index (χ4n) is 4.68. The number of nitrogens with zero attached hydrogens (tertiary/aromatic N) is 3. The zero-order chi connectivity index (χ0) is 22.1. The normalized spacial score (nSPS) is 21.3. The number of carbonyl (C=O) groups excluding carboxylic acids is 1. The molecule has 1 aliphatic carbocycles. The molecule has 0 unspecified atom stereocenters. The van der Waals surface area contributed by atoms with Crippen LogP contribution in [0.15, 0.2) is 77.3 Å². The number of nitrogens with two attached hydrogens (primary N) is 1. The first-order valence-electron chi connectivity index (χ1n) is 10.3. The van der Waals surface area contributed by atoms with Crippen LogP contribution in [0.3, 0.4) is 0 Å². The summed E-state index contributed by atoms with van der Waals surface area (Å²) in [4.78, 5) is 13.6. The van der Waals surface area contributed by atoms with E-state index in [-0.39, 0.29) is 11.7 Å². The van der Waals surface area contributed by atoms with Gasteiger partial charge in [0.25, 0.3) is 0 Å². The van der Waals surface area contributed by atoms with Crippen molar-refractivity contribution in [2.75, 3.05) is 21.2 Å². The number of Topliss-reactive ketones (excluding diaryl/α,β-unsaturated/α-hetero) is 1. The molecule has 0 saturated heterocycles. The van der Waals surface area contributed by atoms with E-state index >= 15 is 0 Å². The van der Waals surface area contributed by atoms with Crippen molar-refractivity contribution >= 4 is 5.78 Å². The van der Waals surface area contributed by atoms with Gasteiger partial charge in [0, 0.05) is 31.8 Å². The minimum atomic E-state index is -0.504. The Hall–Kier alpha value is -3.56. The molecule has 0 bridgehead atoms. The molecule has 2 aromatic rings. The highest BCUT2D eigenvalue weighted by molar-refractivity contribution is 6.00. The Kier molecular flexibility index (Phi) is 5.53. The molecule has 0 fully saturated rings. The van der Waals surface area contributed by atoms with E-state index in [0.717, 1.165) is 16.8 Å². The van der Waals surface area contributed by atoms with Gasteiger partial charge in [0.2, 0.25) is 0 Å². The number of ether oxygens (including phenoxy) is 1. The minimum absolute atomic E-state index is 0.0509. The van der Waals surface area contributed by atoms with Crippen LogP contribution < -0.4 is 10.5 Å². The Morgan fingerprint density at radius 2 is 1.81 bits per heavy atom. The lowest BCUT2D eigenvalue weighted by atomic mass is 9.72. The van der Waals surface area contributed by atoms with Gasteiger partial charge in [-0.05, 0) is 35.6 Å². The van der Waals surface area contributed by atoms with Gasteiger partial charge in [0.15, 0.2) is 5.78 Å². The first kappa shape index (κ1) is 20.7. The standard InChI is InChI=1S/C25H26N4O2/c1-28(2)29-21-13-18(16-8-5-4-6-9-16)14-22(30)24(21)23(20(15-26)25(29)27)17-10-7-11-19(12-17)31-3/h4-12,18,23H,13-14,27H2,1-3H3/t18-,23+/m1/s1. The summed E-state index contributed by atoms with van der Waals surface area (Å²) in [6.45, 7) is 0. The van der Waals surface area contributed by atoms with Crippen LogP contribution in [0.5, 0.6) is 5.75 Å². The summed E-state index contributed by atoms with van der Waals surface area (Å²) >= 11 is 0. The van der Waals surface area contributed by atoms with E-state index in [0.29, 0.717) is 35.6 Å². The molecule has 0 radical (unpaired) electrons. The second-order valence-electron chi connectivity index (χ2n) is 8.08. The molecule has 2 aromatic carbocycles. The first-order chi connectivity index (χ1) is 15.0. The number of allylic oxidation sites excluding steroid dienone is 3. The molecule has 2 aliphatic rings. The second kappa shape index (κ2) is 8.29. The predicted molar refractivity (Wildman–Crippen MR) is 119 cm³/mol. The van der Waals surface area contributed by atoms with Gasteiger partial charge in [0.1, 0.15) is 11.6 Å². The van der Waals surface area contributed by atoms with E-state index in [1.807, 2.05) is 66.6 Å². The van der Waals surface area contributed by atoms with E-state index in [9.17, 15) is 10.1 Å². The van der Waals surface area contributed by atoms with Gasteiger partial charge in [-0.3, -0.25) is 9.80 Å². The Balaban J connectivity index is 1.90. The monoisotopic (exact) mass is 414 g/mol. The SMILES string of the molecule is COc1cccc([C@H]2C(C#N)=C(N)N(N(C)C)C3=C2C(=O)C[C@H](c2ccccc2)C3)c1. The molecule has 2 N–H and O–H groups in total. The maximum absolute atomic E-state index is 13.6. The average molecular weight is 415 g/mol. The van der Waals surface area contributed by atoms with E-state index in [4.69, 9.17) is 10.5 Å². The minimum Gasteiger partial charge on any atom is -0.497 e. The van der Waals surface area contributed by atoms with Crippen molar-refractivity contribution in [2.45, 2.75) is 24.7 Å². The maximum Gasteiger partial charge on any atom is 0.162 e. The number of carbonyl (C=O) groups is 1. The smallest absolute Gasteiger partial charge is 0.162 e. The van der Waals surface area contributed by atoms with Gasteiger partial charge in [0.05, 0.1) is 24.7 Å². The van der Waals surface area contributed by atoms with Crippen molar-refractivity contribution in [2.24, 2.45) is 5.73 Å². The third-order valence-corrected chi connectivity index (χ3v) is 6.04. The zero-order valence-electron chi connectivity index (χ0n) is 18.0. The topological polar surface area (TPSA) is 82.6 Å². The van der Waals surface area contributed by atoms with Gasteiger partial charge < -0.3 is 10.5 Å². The Labute approximate surface area is 182 Å². The van der Waals surface area contributed by atoms with E-state index < -0.39 is 5.92 Å². The van der Waals surface area contributed by atoms with Crippen LogP contribution in [-0.4, -0.2) is 37.0 Å². The van der Waals surface area contributed by atoms with Crippen LogP contribution in [0.4, 0.5) is 0 Å². The summed E-state index contributed by atoms with van der Waals surface area (Å²) in [5.41, 5.74) is 10.4. The van der Waals surface area contributed by atoms with Gasteiger partial charge in [-0.2, -0.15) is 5.26 Å². The van der Waals surface area contributed by atoms with Crippen molar-refractivity contribution < 1.29 is 9.53 Å². The highest BCUT2D eigenvalue weighted by atomic mass is 16.5. The number of nitriles is 1. The Morgan fingerprint density at radius 3 is 2.45 bits per heavy atom. The lowest BCUT2D eigenvalue weighted by molar-refractivity contribution is -0.117. The zero-order valence-corrected chi connectivity index (χ0v) is 18.0. The Bertz CT molecular complexity index is 1110. The van der Waals surface area contributed by atoms with Crippen molar-refractivity contribution in [3.8, 4) is 11.8 Å². The van der Waals surface area contributed by atoms with Crippen LogP contribution in [0, 0.1) is 11.3 Å². The second-order valence-corrected chi connectivity index (χ2v) is 8.08.